The third kappa shape index (κ3) is 6.22. The van der Waals surface area contributed by atoms with Crippen molar-refractivity contribution in [2.75, 3.05) is 26.2 Å². The van der Waals surface area contributed by atoms with Crippen LogP contribution in [0, 0.1) is 0 Å². The fourth-order valence-electron chi connectivity index (χ4n) is 3.02. The SMILES string of the molecule is CCN(CC)CCCNC(=O)/C(=C/c1cccc2ccccc12)NC(C)=O. The second-order valence-electron chi connectivity index (χ2n) is 6.44. The van der Waals surface area contributed by atoms with E-state index in [2.05, 4.69) is 29.4 Å². The van der Waals surface area contributed by atoms with Crippen LogP contribution in [0.1, 0.15) is 32.8 Å². The molecular formula is C22H29N3O2. The van der Waals surface area contributed by atoms with E-state index in [1.807, 2.05) is 42.5 Å². The highest BCUT2D eigenvalue weighted by molar-refractivity contribution is 6.03. The van der Waals surface area contributed by atoms with E-state index in [0.29, 0.717) is 6.54 Å². The van der Waals surface area contributed by atoms with Gasteiger partial charge >= 0.3 is 0 Å². The Hall–Kier alpha value is -2.66. The summed E-state index contributed by atoms with van der Waals surface area (Å²) in [4.78, 5) is 26.5. The number of nitrogens with zero attached hydrogens (tertiary/aromatic N) is 1. The van der Waals surface area contributed by atoms with Crippen LogP contribution in [0.15, 0.2) is 48.2 Å². The van der Waals surface area contributed by atoms with Gasteiger partial charge in [-0.3, -0.25) is 9.59 Å². The highest BCUT2D eigenvalue weighted by Gasteiger charge is 2.12. The Balaban J connectivity index is 2.13. The molecule has 2 aromatic rings. The maximum atomic E-state index is 12.6. The highest BCUT2D eigenvalue weighted by Crippen LogP contribution is 2.20. The quantitative estimate of drug-likeness (QED) is 0.529. The van der Waals surface area contributed by atoms with Gasteiger partial charge in [-0.1, -0.05) is 56.3 Å². The molecule has 0 saturated heterocycles. The fraction of sp³-hybridized carbons (Fsp3) is 0.364. The van der Waals surface area contributed by atoms with E-state index in [-0.39, 0.29) is 17.5 Å². The smallest absolute Gasteiger partial charge is 0.267 e. The van der Waals surface area contributed by atoms with Gasteiger partial charge in [-0.2, -0.15) is 0 Å². The van der Waals surface area contributed by atoms with Crippen molar-refractivity contribution in [3.05, 3.63) is 53.7 Å². The van der Waals surface area contributed by atoms with Crippen LogP contribution in [-0.2, 0) is 9.59 Å². The monoisotopic (exact) mass is 367 g/mol. The van der Waals surface area contributed by atoms with Gasteiger partial charge in [-0.25, -0.2) is 0 Å². The van der Waals surface area contributed by atoms with Crippen molar-refractivity contribution in [1.29, 1.82) is 0 Å². The topological polar surface area (TPSA) is 61.4 Å². The second kappa shape index (κ2) is 10.5. The normalized spacial score (nSPS) is 11.6. The van der Waals surface area contributed by atoms with Crippen LogP contribution in [0.4, 0.5) is 0 Å². The molecule has 0 unspecified atom stereocenters. The van der Waals surface area contributed by atoms with Crippen molar-refractivity contribution < 1.29 is 9.59 Å². The minimum atomic E-state index is -0.266. The van der Waals surface area contributed by atoms with E-state index in [1.54, 1.807) is 6.08 Å². The molecule has 2 N–H and O–H groups in total. The van der Waals surface area contributed by atoms with Gasteiger partial charge in [0.2, 0.25) is 5.91 Å². The van der Waals surface area contributed by atoms with Crippen LogP contribution in [0.3, 0.4) is 0 Å². The Bertz CT molecular complexity index is 805. The molecule has 2 aromatic carbocycles. The molecule has 0 bridgehead atoms. The van der Waals surface area contributed by atoms with Crippen molar-refractivity contribution in [2.24, 2.45) is 0 Å². The van der Waals surface area contributed by atoms with Crippen LogP contribution in [0.25, 0.3) is 16.8 Å². The number of hydrogen-bond donors (Lipinski definition) is 2. The highest BCUT2D eigenvalue weighted by atomic mass is 16.2. The molecule has 0 aliphatic heterocycles. The van der Waals surface area contributed by atoms with Gasteiger partial charge in [0.25, 0.3) is 5.91 Å². The number of amides is 2. The average Bonchev–Trinajstić information content (AvgIpc) is 2.67. The van der Waals surface area contributed by atoms with Gasteiger partial charge in [0, 0.05) is 13.5 Å². The van der Waals surface area contributed by atoms with E-state index >= 15 is 0 Å². The summed E-state index contributed by atoms with van der Waals surface area (Å²) in [5.41, 5.74) is 1.16. The predicted octanol–water partition coefficient (Wildman–Crippen LogP) is 3.16. The lowest BCUT2D eigenvalue weighted by atomic mass is 10.0. The molecule has 27 heavy (non-hydrogen) atoms. The predicted molar refractivity (Wildman–Crippen MR) is 111 cm³/mol. The Labute approximate surface area is 161 Å². The molecular weight excluding hydrogens is 338 g/mol. The number of fused-ring (bicyclic) bond motifs is 1. The zero-order valence-corrected chi connectivity index (χ0v) is 16.4. The molecule has 0 heterocycles. The van der Waals surface area contributed by atoms with Gasteiger partial charge in [0.15, 0.2) is 0 Å². The molecule has 5 nitrogen and oxygen atoms in total. The Morgan fingerprint density at radius 3 is 2.44 bits per heavy atom. The van der Waals surface area contributed by atoms with Crippen molar-refractivity contribution in [3.8, 4) is 0 Å². The summed E-state index contributed by atoms with van der Waals surface area (Å²) in [6.07, 6.45) is 2.61. The number of rotatable bonds is 9. The third-order valence-corrected chi connectivity index (χ3v) is 4.51. The summed E-state index contributed by atoms with van der Waals surface area (Å²) >= 11 is 0. The van der Waals surface area contributed by atoms with Crippen molar-refractivity contribution in [2.45, 2.75) is 27.2 Å². The number of carbonyl (C=O) groups excluding carboxylic acids is 2. The summed E-state index contributed by atoms with van der Waals surface area (Å²) in [7, 11) is 0. The zero-order chi connectivity index (χ0) is 19.6. The minimum Gasteiger partial charge on any atom is -0.351 e. The first kappa shape index (κ1) is 20.6. The minimum absolute atomic E-state index is 0.264. The summed E-state index contributed by atoms with van der Waals surface area (Å²) in [5.74, 6) is -0.530. The number of benzene rings is 2. The molecule has 5 heteroatoms. The molecule has 144 valence electrons. The lowest BCUT2D eigenvalue weighted by molar-refractivity contribution is -0.122. The zero-order valence-electron chi connectivity index (χ0n) is 16.4. The van der Waals surface area contributed by atoms with Gasteiger partial charge < -0.3 is 15.5 Å². The molecule has 0 atom stereocenters. The molecule has 0 spiro atoms. The van der Waals surface area contributed by atoms with Crippen molar-refractivity contribution in [3.63, 3.8) is 0 Å². The first-order valence-corrected chi connectivity index (χ1v) is 9.52. The van der Waals surface area contributed by atoms with E-state index in [0.717, 1.165) is 42.4 Å². The molecule has 0 aliphatic rings. The standard InChI is InChI=1S/C22H29N3O2/c1-4-25(5-2)15-9-14-23-22(27)21(24-17(3)26)16-19-12-8-11-18-10-6-7-13-20(18)19/h6-8,10-13,16H,4-5,9,14-15H2,1-3H3,(H,23,27)(H,24,26)/b21-16-. The maximum Gasteiger partial charge on any atom is 0.267 e. The van der Waals surface area contributed by atoms with Crippen LogP contribution in [0.5, 0.6) is 0 Å². The Morgan fingerprint density at radius 1 is 1.04 bits per heavy atom. The average molecular weight is 367 g/mol. The van der Waals surface area contributed by atoms with Gasteiger partial charge in [-0.15, -0.1) is 0 Å². The van der Waals surface area contributed by atoms with Crippen LogP contribution >= 0.6 is 0 Å². The van der Waals surface area contributed by atoms with Crippen molar-refractivity contribution in [1.82, 2.24) is 15.5 Å². The van der Waals surface area contributed by atoms with E-state index in [9.17, 15) is 9.59 Å². The molecule has 0 radical (unpaired) electrons. The molecule has 0 fully saturated rings. The molecule has 0 saturated carbocycles. The Morgan fingerprint density at radius 2 is 1.74 bits per heavy atom. The van der Waals surface area contributed by atoms with E-state index in [1.165, 1.54) is 6.92 Å². The van der Waals surface area contributed by atoms with E-state index in [4.69, 9.17) is 0 Å². The summed E-state index contributed by atoms with van der Waals surface area (Å²) in [5, 5.41) is 7.71. The first-order chi connectivity index (χ1) is 13.0. The molecule has 0 aromatic heterocycles. The largest absolute Gasteiger partial charge is 0.351 e. The van der Waals surface area contributed by atoms with Crippen LogP contribution < -0.4 is 10.6 Å². The molecule has 2 amide bonds. The first-order valence-electron chi connectivity index (χ1n) is 9.52. The van der Waals surface area contributed by atoms with Crippen LogP contribution in [0.2, 0.25) is 0 Å². The molecule has 2 rings (SSSR count). The van der Waals surface area contributed by atoms with Crippen molar-refractivity contribution >= 4 is 28.7 Å². The molecule has 0 aliphatic carbocycles. The Kier molecular flexibility index (Phi) is 8.01. The number of hydrogen-bond acceptors (Lipinski definition) is 3. The lowest BCUT2D eigenvalue weighted by Gasteiger charge is -2.18. The summed E-state index contributed by atoms with van der Waals surface area (Å²) in [6, 6.07) is 13.9. The number of nitrogens with one attached hydrogen (secondary N) is 2. The summed E-state index contributed by atoms with van der Waals surface area (Å²) < 4.78 is 0. The van der Waals surface area contributed by atoms with Gasteiger partial charge in [0.05, 0.1) is 0 Å². The maximum absolute atomic E-state index is 12.6. The van der Waals surface area contributed by atoms with Gasteiger partial charge in [-0.05, 0) is 48.5 Å². The summed E-state index contributed by atoms with van der Waals surface area (Å²) in [6.45, 7) is 9.18. The van der Waals surface area contributed by atoms with Crippen LogP contribution in [-0.4, -0.2) is 42.9 Å². The lowest BCUT2D eigenvalue weighted by Crippen LogP contribution is -2.35. The van der Waals surface area contributed by atoms with Gasteiger partial charge in [0.1, 0.15) is 5.70 Å². The fourth-order valence-corrected chi connectivity index (χ4v) is 3.02. The number of carbonyl (C=O) groups is 2. The second-order valence-corrected chi connectivity index (χ2v) is 6.44. The van der Waals surface area contributed by atoms with E-state index < -0.39 is 0 Å². The third-order valence-electron chi connectivity index (χ3n) is 4.51.